The van der Waals surface area contributed by atoms with Crippen molar-refractivity contribution in [2.45, 2.75) is 19.9 Å². The fourth-order valence-electron chi connectivity index (χ4n) is 3.02. The first-order chi connectivity index (χ1) is 12.9. The Hall–Kier alpha value is -3.13. The average molecular weight is 367 g/mol. The van der Waals surface area contributed by atoms with Gasteiger partial charge in [-0.3, -0.25) is 9.56 Å². The highest BCUT2D eigenvalue weighted by Crippen LogP contribution is 2.14. The van der Waals surface area contributed by atoms with Crippen LogP contribution in [-0.4, -0.2) is 45.5 Å². The molecule has 1 aromatic carbocycles. The summed E-state index contributed by atoms with van der Waals surface area (Å²) in [5, 5.41) is 0.914. The first-order valence-corrected chi connectivity index (χ1v) is 8.84. The van der Waals surface area contributed by atoms with E-state index < -0.39 is 0 Å². The molecule has 0 amide bonds. The van der Waals surface area contributed by atoms with E-state index in [4.69, 9.17) is 11.5 Å². The molecule has 5 N–H and O–H groups in total. The molecule has 0 spiro atoms. The normalized spacial score (nSPS) is 11.2. The fraction of sp³-hybridized carbons (Fsp3) is 0.316. The van der Waals surface area contributed by atoms with Gasteiger partial charge in [-0.25, -0.2) is 4.79 Å². The molecule has 3 rings (SSSR count). The van der Waals surface area contributed by atoms with Gasteiger partial charge in [0.2, 0.25) is 0 Å². The van der Waals surface area contributed by atoms with Crippen molar-refractivity contribution in [1.82, 2.24) is 19.4 Å². The number of hydrogen-bond donors (Lipinski definition) is 3. The summed E-state index contributed by atoms with van der Waals surface area (Å²) < 4.78 is 1.57. The molecule has 0 unspecified atom stereocenters. The molecule has 3 aromatic rings. The van der Waals surface area contributed by atoms with E-state index >= 15 is 0 Å². The highest BCUT2D eigenvalue weighted by Gasteiger charge is 2.07. The van der Waals surface area contributed by atoms with Gasteiger partial charge in [-0.1, -0.05) is 12.1 Å². The summed E-state index contributed by atoms with van der Waals surface area (Å²) in [6.45, 7) is 4.28. The number of aliphatic imine (C=N–C) groups is 1. The van der Waals surface area contributed by atoms with E-state index in [0.717, 1.165) is 36.3 Å². The Labute approximate surface area is 157 Å². The van der Waals surface area contributed by atoms with Crippen LogP contribution in [0.3, 0.4) is 0 Å². The van der Waals surface area contributed by atoms with Crippen molar-refractivity contribution in [3.05, 3.63) is 58.3 Å². The van der Waals surface area contributed by atoms with E-state index in [1.54, 1.807) is 4.57 Å². The second-order valence-electron chi connectivity index (χ2n) is 6.71. The third kappa shape index (κ3) is 4.73. The third-order valence-electron chi connectivity index (χ3n) is 4.30. The van der Waals surface area contributed by atoms with Crippen LogP contribution in [0.15, 0.2) is 46.3 Å². The lowest BCUT2D eigenvalue weighted by Gasteiger charge is -2.16. The van der Waals surface area contributed by atoms with Crippen LogP contribution >= 0.6 is 0 Å². The molecule has 0 aliphatic heterocycles. The largest absolute Gasteiger partial charge is 0.370 e. The van der Waals surface area contributed by atoms with E-state index in [1.807, 2.05) is 43.5 Å². The lowest BCUT2D eigenvalue weighted by Crippen LogP contribution is -2.24. The Balaban J connectivity index is 1.67. The van der Waals surface area contributed by atoms with Gasteiger partial charge in [0.25, 0.3) is 0 Å². The quantitative estimate of drug-likeness (QED) is 0.328. The van der Waals surface area contributed by atoms with Crippen molar-refractivity contribution in [3.8, 4) is 5.69 Å². The maximum Gasteiger partial charge on any atom is 0.354 e. The molecule has 0 saturated carbocycles. The van der Waals surface area contributed by atoms with Crippen molar-refractivity contribution in [2.75, 3.05) is 20.1 Å². The number of nitrogens with two attached hydrogens (primary N) is 2. The predicted octanol–water partition coefficient (Wildman–Crippen LogP) is 1.12. The minimum absolute atomic E-state index is 0.131. The number of rotatable bonds is 7. The van der Waals surface area contributed by atoms with Crippen LogP contribution in [0.2, 0.25) is 0 Å². The standard InChI is InChI=1S/C19H25N7O/c1-13-10-15-12-26(19(27)24-17(15)23-13)16-6-4-14(5-7-16)11-25(2)9-3-8-22-18(20)21/h4-7,10,12H,3,8-9,11H2,1-2H3,(H4,20,21,22)(H,23,24,27). The first kappa shape index (κ1) is 18.7. The van der Waals surface area contributed by atoms with E-state index in [2.05, 4.69) is 26.9 Å². The van der Waals surface area contributed by atoms with Gasteiger partial charge >= 0.3 is 5.69 Å². The first-order valence-electron chi connectivity index (χ1n) is 8.84. The van der Waals surface area contributed by atoms with E-state index in [9.17, 15) is 4.79 Å². The number of H-pyrrole nitrogens is 1. The van der Waals surface area contributed by atoms with Crippen LogP contribution in [0, 0.1) is 6.92 Å². The molecule has 0 fully saturated rings. The number of hydrogen-bond acceptors (Lipinski definition) is 4. The van der Waals surface area contributed by atoms with Gasteiger partial charge in [-0.05, 0) is 50.7 Å². The van der Waals surface area contributed by atoms with Gasteiger partial charge < -0.3 is 21.4 Å². The maximum atomic E-state index is 12.3. The molecule has 0 saturated heterocycles. The number of aryl methyl sites for hydroxylation is 1. The van der Waals surface area contributed by atoms with Crippen LogP contribution < -0.4 is 17.2 Å². The van der Waals surface area contributed by atoms with Crippen molar-refractivity contribution < 1.29 is 0 Å². The number of benzene rings is 1. The zero-order chi connectivity index (χ0) is 19.4. The second kappa shape index (κ2) is 8.05. The average Bonchev–Trinajstić information content (AvgIpc) is 2.97. The smallest absolute Gasteiger partial charge is 0.354 e. The van der Waals surface area contributed by atoms with Crippen LogP contribution in [0.1, 0.15) is 17.7 Å². The van der Waals surface area contributed by atoms with Gasteiger partial charge in [0.1, 0.15) is 5.65 Å². The molecule has 8 heteroatoms. The van der Waals surface area contributed by atoms with E-state index in [-0.39, 0.29) is 11.6 Å². The number of aromatic nitrogens is 3. The van der Waals surface area contributed by atoms with Crippen LogP contribution in [0.5, 0.6) is 0 Å². The highest BCUT2D eigenvalue weighted by molar-refractivity contribution is 5.76. The zero-order valence-corrected chi connectivity index (χ0v) is 15.6. The summed E-state index contributed by atoms with van der Waals surface area (Å²) >= 11 is 0. The lowest BCUT2D eigenvalue weighted by atomic mass is 10.2. The van der Waals surface area contributed by atoms with Crippen molar-refractivity contribution >= 4 is 17.0 Å². The number of aromatic amines is 1. The predicted molar refractivity (Wildman–Crippen MR) is 108 cm³/mol. The number of guanidine groups is 1. The van der Waals surface area contributed by atoms with E-state index in [0.29, 0.717) is 12.2 Å². The molecule has 0 radical (unpaired) electrons. The van der Waals surface area contributed by atoms with Crippen LogP contribution in [0.4, 0.5) is 0 Å². The van der Waals surface area contributed by atoms with E-state index in [1.165, 1.54) is 5.56 Å². The topological polar surface area (TPSA) is 118 Å². The minimum atomic E-state index is -0.297. The second-order valence-corrected chi connectivity index (χ2v) is 6.71. The molecular formula is C19H25N7O. The molecular weight excluding hydrogens is 342 g/mol. The number of nitrogens with one attached hydrogen (secondary N) is 1. The summed E-state index contributed by atoms with van der Waals surface area (Å²) in [5.74, 6) is 0.131. The van der Waals surface area contributed by atoms with Crippen molar-refractivity contribution in [2.24, 2.45) is 16.5 Å². The van der Waals surface area contributed by atoms with Gasteiger partial charge in [0.15, 0.2) is 5.96 Å². The van der Waals surface area contributed by atoms with Gasteiger partial charge in [0.05, 0.1) is 5.69 Å². The Kier molecular flexibility index (Phi) is 5.56. The molecule has 2 heterocycles. The molecule has 0 aliphatic carbocycles. The fourth-order valence-corrected chi connectivity index (χ4v) is 3.02. The van der Waals surface area contributed by atoms with Crippen molar-refractivity contribution in [3.63, 3.8) is 0 Å². The number of fused-ring (bicyclic) bond motifs is 1. The molecule has 0 aliphatic rings. The Bertz CT molecular complexity index is 997. The molecule has 0 atom stereocenters. The van der Waals surface area contributed by atoms with Gasteiger partial charge in [-0.15, -0.1) is 0 Å². The molecule has 142 valence electrons. The summed E-state index contributed by atoms with van der Waals surface area (Å²) in [7, 11) is 2.06. The molecule has 27 heavy (non-hydrogen) atoms. The van der Waals surface area contributed by atoms with Crippen LogP contribution in [0.25, 0.3) is 16.7 Å². The van der Waals surface area contributed by atoms with Crippen molar-refractivity contribution in [1.29, 1.82) is 0 Å². The third-order valence-corrected chi connectivity index (χ3v) is 4.30. The highest BCUT2D eigenvalue weighted by atomic mass is 16.1. The Morgan fingerprint density at radius 3 is 2.74 bits per heavy atom. The summed E-state index contributed by atoms with van der Waals surface area (Å²) in [4.78, 5) is 25.7. The summed E-state index contributed by atoms with van der Waals surface area (Å²) in [5.41, 5.74) is 13.9. The maximum absolute atomic E-state index is 12.3. The van der Waals surface area contributed by atoms with Gasteiger partial charge in [-0.2, -0.15) is 4.98 Å². The minimum Gasteiger partial charge on any atom is -0.370 e. The summed E-state index contributed by atoms with van der Waals surface area (Å²) in [6.07, 6.45) is 2.71. The van der Waals surface area contributed by atoms with Crippen LogP contribution in [-0.2, 0) is 6.54 Å². The molecule has 8 nitrogen and oxygen atoms in total. The molecule has 2 aromatic heterocycles. The van der Waals surface area contributed by atoms with Gasteiger partial charge in [0, 0.05) is 30.4 Å². The molecule has 0 bridgehead atoms. The Morgan fingerprint density at radius 2 is 2.04 bits per heavy atom. The monoisotopic (exact) mass is 367 g/mol. The summed E-state index contributed by atoms with van der Waals surface area (Å²) in [6, 6.07) is 9.92. The zero-order valence-electron chi connectivity index (χ0n) is 15.6. The Morgan fingerprint density at radius 1 is 1.30 bits per heavy atom. The number of nitrogens with zero attached hydrogens (tertiary/aromatic N) is 4. The lowest BCUT2D eigenvalue weighted by molar-refractivity contribution is 0.324. The SMILES string of the molecule is Cc1cc2cn(-c3ccc(CN(C)CCCN=C(N)N)cc3)c(=O)nc2[nH]1.